The first-order valence-corrected chi connectivity index (χ1v) is 23.7. The Kier molecular flexibility index (Phi) is 8.48. The Morgan fingerprint density at radius 3 is 1.08 bits per heavy atom. The monoisotopic (exact) mass is 788 g/mol. The summed E-state index contributed by atoms with van der Waals surface area (Å²) >= 11 is 0. The maximum absolute atomic E-state index is 2.82. The number of benzene rings is 7. The Morgan fingerprint density at radius 1 is 0.311 bits per heavy atom. The van der Waals surface area contributed by atoms with Gasteiger partial charge < -0.3 is 9.80 Å². The summed E-state index contributed by atoms with van der Waals surface area (Å²) in [5.74, 6) is 0. The van der Waals surface area contributed by atoms with E-state index in [4.69, 9.17) is 0 Å². The summed E-state index contributed by atoms with van der Waals surface area (Å²) in [5.41, 5.74) is 30.9. The maximum Gasteiger partial charge on any atom is 0.252 e. The molecular weight excluding hydrogens is 735 g/mol. The largest absolute Gasteiger partial charge is 0.311 e. The van der Waals surface area contributed by atoms with E-state index in [1.807, 2.05) is 0 Å². The third-order valence-corrected chi connectivity index (χ3v) is 15.5. The Balaban J connectivity index is 1.14. The molecule has 0 N–H and O–H groups in total. The fourth-order valence-corrected chi connectivity index (χ4v) is 12.8. The number of rotatable bonds is 4. The van der Waals surface area contributed by atoms with Crippen molar-refractivity contribution < 1.29 is 0 Å². The highest BCUT2D eigenvalue weighted by atomic mass is 15.2. The smallest absolute Gasteiger partial charge is 0.252 e. The molecule has 0 bridgehead atoms. The molecular formula is C58H53BN2. The van der Waals surface area contributed by atoms with E-state index < -0.39 is 0 Å². The van der Waals surface area contributed by atoms with Gasteiger partial charge in [-0.2, -0.15) is 0 Å². The molecule has 6 aliphatic rings. The van der Waals surface area contributed by atoms with Crippen LogP contribution in [0, 0.1) is 0 Å². The summed E-state index contributed by atoms with van der Waals surface area (Å²) in [6, 6.07) is 49.9. The first-order chi connectivity index (χ1) is 30.3. The van der Waals surface area contributed by atoms with E-state index in [2.05, 4.69) is 137 Å². The molecule has 0 amide bonds. The molecule has 2 aliphatic heterocycles. The van der Waals surface area contributed by atoms with Crippen molar-refractivity contribution in [2.24, 2.45) is 0 Å². The quantitative estimate of drug-likeness (QED) is 0.164. The molecule has 0 saturated heterocycles. The van der Waals surface area contributed by atoms with Crippen molar-refractivity contribution in [1.82, 2.24) is 0 Å². The van der Waals surface area contributed by atoms with E-state index in [1.165, 1.54) is 175 Å². The van der Waals surface area contributed by atoms with Gasteiger partial charge in [-0.25, -0.2) is 0 Å². The average molecular weight is 789 g/mol. The van der Waals surface area contributed by atoms with Gasteiger partial charge in [-0.15, -0.1) is 0 Å². The van der Waals surface area contributed by atoms with Crippen LogP contribution in [-0.4, -0.2) is 6.71 Å². The average Bonchev–Trinajstić information content (AvgIpc) is 3.33. The molecule has 7 aromatic carbocycles. The van der Waals surface area contributed by atoms with Gasteiger partial charge in [0.25, 0.3) is 6.71 Å². The molecule has 0 spiro atoms. The molecule has 2 heterocycles. The van der Waals surface area contributed by atoms with Gasteiger partial charge in [0.2, 0.25) is 0 Å². The van der Waals surface area contributed by atoms with Crippen LogP contribution in [0.1, 0.15) is 95.9 Å². The molecule has 13 rings (SSSR count). The minimum Gasteiger partial charge on any atom is -0.311 e. The summed E-state index contributed by atoms with van der Waals surface area (Å²) in [5, 5.41) is 0. The van der Waals surface area contributed by atoms with Crippen LogP contribution in [0.5, 0.6) is 0 Å². The van der Waals surface area contributed by atoms with Gasteiger partial charge in [0.15, 0.2) is 0 Å². The summed E-state index contributed by atoms with van der Waals surface area (Å²) in [6.45, 7) is 0.115. The fraction of sp³-hybridized carbons (Fsp3) is 0.276. The van der Waals surface area contributed by atoms with Crippen molar-refractivity contribution in [3.8, 4) is 22.3 Å². The van der Waals surface area contributed by atoms with Crippen LogP contribution in [0.25, 0.3) is 22.3 Å². The van der Waals surface area contributed by atoms with E-state index in [0.29, 0.717) is 0 Å². The van der Waals surface area contributed by atoms with Crippen LogP contribution in [0.2, 0.25) is 0 Å². The van der Waals surface area contributed by atoms with Crippen LogP contribution in [-0.2, 0) is 51.4 Å². The lowest BCUT2D eigenvalue weighted by atomic mass is 9.33. The Morgan fingerprint density at radius 2 is 0.689 bits per heavy atom. The Labute approximate surface area is 362 Å². The molecule has 0 fully saturated rings. The predicted octanol–water partition coefficient (Wildman–Crippen LogP) is 12.6. The zero-order valence-corrected chi connectivity index (χ0v) is 35.4. The fourth-order valence-electron chi connectivity index (χ4n) is 12.8. The molecule has 7 aromatic rings. The molecule has 298 valence electrons. The highest BCUT2D eigenvalue weighted by molar-refractivity contribution is 7.00. The van der Waals surface area contributed by atoms with Crippen molar-refractivity contribution in [3.63, 3.8) is 0 Å². The third-order valence-electron chi connectivity index (χ3n) is 15.5. The molecule has 0 atom stereocenters. The summed E-state index contributed by atoms with van der Waals surface area (Å²) in [6.07, 6.45) is 19.7. The Hall–Kier alpha value is -5.80. The van der Waals surface area contributed by atoms with Crippen LogP contribution in [0.4, 0.5) is 34.1 Å². The van der Waals surface area contributed by atoms with E-state index >= 15 is 0 Å². The van der Waals surface area contributed by atoms with Crippen LogP contribution in [0.3, 0.4) is 0 Å². The number of hydrogen-bond acceptors (Lipinski definition) is 2. The predicted molar refractivity (Wildman–Crippen MR) is 258 cm³/mol. The lowest BCUT2D eigenvalue weighted by Crippen LogP contribution is -2.61. The van der Waals surface area contributed by atoms with Gasteiger partial charge in [-0.05, 0) is 210 Å². The van der Waals surface area contributed by atoms with E-state index in [9.17, 15) is 0 Å². The summed E-state index contributed by atoms with van der Waals surface area (Å²) in [7, 11) is 0. The zero-order chi connectivity index (χ0) is 40.0. The number of anilines is 6. The van der Waals surface area contributed by atoms with Gasteiger partial charge in [0.1, 0.15) is 0 Å². The first kappa shape index (κ1) is 35.9. The van der Waals surface area contributed by atoms with Crippen LogP contribution >= 0.6 is 0 Å². The lowest BCUT2D eigenvalue weighted by Gasteiger charge is -2.47. The second kappa shape index (κ2) is 14.4. The second-order valence-electron chi connectivity index (χ2n) is 18.9. The van der Waals surface area contributed by atoms with Gasteiger partial charge >= 0.3 is 0 Å². The van der Waals surface area contributed by atoms with Crippen LogP contribution < -0.4 is 26.2 Å². The van der Waals surface area contributed by atoms with Gasteiger partial charge in [-0.3, -0.25) is 0 Å². The minimum absolute atomic E-state index is 0.115. The molecule has 0 saturated carbocycles. The third kappa shape index (κ3) is 5.61. The van der Waals surface area contributed by atoms with Gasteiger partial charge in [0, 0.05) is 22.7 Å². The zero-order valence-electron chi connectivity index (χ0n) is 35.4. The standard InChI is InChI=1S/C58H53BN2/c1-3-16-38(17-4-1)40-30-32-50-54(36-40)60(57-46-24-11-7-20-42(46)34-43-21-8-12-25-47(43)57)52-28-15-29-53-56(52)59(50)51-33-31-41(39-18-5-2-6-19-39)37-55(51)61(53)58-48-26-13-9-22-44(48)35-45-23-10-14-27-49(45)58/h1-6,15-19,28-37H,7-14,20-27H2. The normalized spacial score (nSPS) is 17.0. The summed E-state index contributed by atoms with van der Waals surface area (Å²) in [4.78, 5) is 5.64. The molecule has 0 radical (unpaired) electrons. The van der Waals surface area contributed by atoms with E-state index in [0.717, 1.165) is 0 Å². The minimum atomic E-state index is 0.115. The molecule has 4 aliphatic carbocycles. The molecule has 61 heavy (non-hydrogen) atoms. The van der Waals surface area contributed by atoms with Gasteiger partial charge in [0.05, 0.1) is 11.4 Å². The molecule has 2 nitrogen and oxygen atoms in total. The maximum atomic E-state index is 2.82. The van der Waals surface area contributed by atoms with Gasteiger partial charge in [-0.1, -0.05) is 103 Å². The van der Waals surface area contributed by atoms with Crippen molar-refractivity contribution in [2.75, 3.05) is 9.80 Å². The highest BCUT2D eigenvalue weighted by Crippen LogP contribution is 2.52. The summed E-state index contributed by atoms with van der Waals surface area (Å²) < 4.78 is 0. The number of hydrogen-bond donors (Lipinski definition) is 0. The topological polar surface area (TPSA) is 6.48 Å². The van der Waals surface area contributed by atoms with Crippen molar-refractivity contribution >= 4 is 57.2 Å². The number of nitrogens with zero attached hydrogens (tertiary/aromatic N) is 2. The first-order valence-electron chi connectivity index (χ1n) is 23.7. The second-order valence-corrected chi connectivity index (χ2v) is 18.9. The van der Waals surface area contributed by atoms with E-state index in [1.54, 1.807) is 44.5 Å². The molecule has 0 aromatic heterocycles. The van der Waals surface area contributed by atoms with Crippen molar-refractivity contribution in [2.45, 2.75) is 103 Å². The SMILES string of the molecule is c1ccc(-c2ccc3c(c2)N(c2c4c(cc5c2CCCC5)CCCC4)c2cccc4c2B3c2ccc(-c3ccccc3)cc2N4c2c3c(cc4c2CCCC4)CCCC3)cc1. The van der Waals surface area contributed by atoms with Crippen molar-refractivity contribution in [3.05, 3.63) is 172 Å². The number of fused-ring (bicyclic) bond motifs is 8. The van der Waals surface area contributed by atoms with Crippen LogP contribution in [0.15, 0.2) is 127 Å². The lowest BCUT2D eigenvalue weighted by molar-refractivity contribution is 0.658. The molecule has 0 unspecified atom stereocenters. The highest BCUT2D eigenvalue weighted by Gasteiger charge is 2.45. The van der Waals surface area contributed by atoms with Crippen molar-refractivity contribution in [1.29, 1.82) is 0 Å². The Bertz CT molecular complexity index is 2630. The number of aryl methyl sites for hydroxylation is 4. The molecule has 3 heteroatoms. The van der Waals surface area contributed by atoms with E-state index in [-0.39, 0.29) is 6.71 Å².